The highest BCUT2D eigenvalue weighted by Crippen LogP contribution is 2.37. The van der Waals surface area contributed by atoms with Crippen molar-refractivity contribution in [2.45, 2.75) is 58.8 Å². The number of methoxy groups -OCH3 is 1. The molecule has 2 heteroatoms. The van der Waals surface area contributed by atoms with Gasteiger partial charge in [-0.25, -0.2) is 0 Å². The molecule has 108 valence electrons. The van der Waals surface area contributed by atoms with E-state index in [4.69, 9.17) is 16.3 Å². The summed E-state index contributed by atoms with van der Waals surface area (Å²) in [6.45, 7) is 8.65. The highest BCUT2D eigenvalue weighted by molar-refractivity contribution is 6.21. The fourth-order valence-electron chi connectivity index (χ4n) is 2.92. The Morgan fingerprint density at radius 2 is 1.53 bits per heavy atom. The standard InChI is InChI=1S/C17H27ClO/c1-6-8-14(9-7-2)16(18)15-10-12(3)17(19-5)13(4)11-15/h10-11,14,16H,6-9H2,1-5H3. The largest absolute Gasteiger partial charge is 0.496 e. The summed E-state index contributed by atoms with van der Waals surface area (Å²) >= 11 is 6.73. The molecule has 0 aliphatic heterocycles. The van der Waals surface area contributed by atoms with Gasteiger partial charge in [0, 0.05) is 0 Å². The molecule has 19 heavy (non-hydrogen) atoms. The van der Waals surface area contributed by atoms with Crippen LogP contribution in [0.5, 0.6) is 5.75 Å². The molecule has 0 saturated carbocycles. The second kappa shape index (κ2) is 7.79. The van der Waals surface area contributed by atoms with Crippen LogP contribution in [0.2, 0.25) is 0 Å². The van der Waals surface area contributed by atoms with E-state index in [2.05, 4.69) is 39.8 Å². The summed E-state index contributed by atoms with van der Waals surface area (Å²) < 4.78 is 5.42. The second-order valence-electron chi connectivity index (χ2n) is 5.43. The lowest BCUT2D eigenvalue weighted by atomic mass is 9.89. The summed E-state index contributed by atoms with van der Waals surface area (Å²) in [5.41, 5.74) is 3.59. The topological polar surface area (TPSA) is 9.23 Å². The summed E-state index contributed by atoms with van der Waals surface area (Å²) in [5, 5.41) is 0.114. The first kappa shape index (κ1) is 16.4. The van der Waals surface area contributed by atoms with Crippen molar-refractivity contribution in [3.63, 3.8) is 0 Å². The summed E-state index contributed by atoms with van der Waals surface area (Å²) in [6.07, 6.45) is 4.79. The predicted octanol–water partition coefficient (Wildman–Crippen LogP) is 5.81. The zero-order valence-corrected chi connectivity index (χ0v) is 13.7. The monoisotopic (exact) mass is 282 g/mol. The Morgan fingerprint density at radius 3 is 1.89 bits per heavy atom. The molecule has 0 spiro atoms. The Morgan fingerprint density at radius 1 is 1.05 bits per heavy atom. The molecule has 0 radical (unpaired) electrons. The van der Waals surface area contributed by atoms with Crippen molar-refractivity contribution >= 4 is 11.6 Å². The van der Waals surface area contributed by atoms with Gasteiger partial charge in [-0.05, 0) is 49.3 Å². The van der Waals surface area contributed by atoms with Crippen molar-refractivity contribution in [2.75, 3.05) is 7.11 Å². The van der Waals surface area contributed by atoms with Gasteiger partial charge in [-0.15, -0.1) is 11.6 Å². The predicted molar refractivity (Wildman–Crippen MR) is 84.4 cm³/mol. The summed E-state index contributed by atoms with van der Waals surface area (Å²) in [6, 6.07) is 4.36. The van der Waals surface area contributed by atoms with Gasteiger partial charge in [0.25, 0.3) is 0 Å². The van der Waals surface area contributed by atoms with E-state index in [0.717, 1.165) is 5.75 Å². The molecule has 0 bridgehead atoms. The number of alkyl halides is 1. The third kappa shape index (κ3) is 4.14. The van der Waals surface area contributed by atoms with Gasteiger partial charge in [-0.1, -0.05) is 38.8 Å². The van der Waals surface area contributed by atoms with Crippen LogP contribution in [0.15, 0.2) is 12.1 Å². The lowest BCUT2D eigenvalue weighted by Crippen LogP contribution is -2.09. The second-order valence-corrected chi connectivity index (χ2v) is 5.90. The van der Waals surface area contributed by atoms with Gasteiger partial charge in [-0.2, -0.15) is 0 Å². The fourth-order valence-corrected chi connectivity index (χ4v) is 3.29. The van der Waals surface area contributed by atoms with Crippen LogP contribution < -0.4 is 4.74 Å². The van der Waals surface area contributed by atoms with Crippen LogP contribution >= 0.6 is 11.6 Å². The minimum Gasteiger partial charge on any atom is -0.496 e. The summed E-state index contributed by atoms with van der Waals surface area (Å²) in [5.74, 6) is 1.55. The molecule has 0 aliphatic rings. The minimum atomic E-state index is 0.114. The van der Waals surface area contributed by atoms with Gasteiger partial charge in [0.05, 0.1) is 12.5 Å². The van der Waals surface area contributed by atoms with Gasteiger partial charge in [0.15, 0.2) is 0 Å². The van der Waals surface area contributed by atoms with Crippen LogP contribution in [0.1, 0.15) is 61.6 Å². The molecular weight excluding hydrogens is 256 g/mol. The average Bonchev–Trinajstić information content (AvgIpc) is 2.37. The van der Waals surface area contributed by atoms with Gasteiger partial charge >= 0.3 is 0 Å². The van der Waals surface area contributed by atoms with Gasteiger partial charge in [0.2, 0.25) is 0 Å². The van der Waals surface area contributed by atoms with Crippen molar-refractivity contribution in [1.29, 1.82) is 0 Å². The minimum absolute atomic E-state index is 0.114. The SMILES string of the molecule is CCCC(CCC)C(Cl)c1cc(C)c(OC)c(C)c1. The molecule has 1 aromatic rings. The number of ether oxygens (including phenoxy) is 1. The highest BCUT2D eigenvalue weighted by Gasteiger charge is 2.21. The van der Waals surface area contributed by atoms with Gasteiger partial charge < -0.3 is 4.74 Å². The van der Waals surface area contributed by atoms with Crippen LogP contribution in [0.4, 0.5) is 0 Å². The maximum absolute atomic E-state index is 6.73. The molecule has 0 N–H and O–H groups in total. The molecule has 1 aromatic carbocycles. The summed E-state index contributed by atoms with van der Waals surface area (Å²) in [7, 11) is 1.73. The molecule has 0 heterocycles. The van der Waals surface area contributed by atoms with E-state index in [1.807, 2.05) is 0 Å². The molecule has 1 rings (SSSR count). The van der Waals surface area contributed by atoms with Crippen molar-refractivity contribution in [3.8, 4) is 5.75 Å². The van der Waals surface area contributed by atoms with E-state index < -0.39 is 0 Å². The number of benzene rings is 1. The van der Waals surface area contributed by atoms with Crippen LogP contribution in [-0.4, -0.2) is 7.11 Å². The first-order chi connectivity index (χ1) is 9.04. The molecule has 1 nitrogen and oxygen atoms in total. The zero-order chi connectivity index (χ0) is 14.4. The molecule has 1 unspecified atom stereocenters. The molecule has 0 fully saturated rings. The van der Waals surface area contributed by atoms with E-state index in [1.165, 1.54) is 42.4 Å². The molecule has 0 amide bonds. The molecule has 0 aliphatic carbocycles. The number of rotatable bonds is 7. The Hall–Kier alpha value is -0.690. The quantitative estimate of drug-likeness (QED) is 0.574. The van der Waals surface area contributed by atoms with Crippen LogP contribution in [-0.2, 0) is 0 Å². The van der Waals surface area contributed by atoms with Crippen LogP contribution in [0, 0.1) is 19.8 Å². The summed E-state index contributed by atoms with van der Waals surface area (Å²) in [4.78, 5) is 0. The lowest BCUT2D eigenvalue weighted by molar-refractivity contribution is 0.406. The molecule has 0 aromatic heterocycles. The van der Waals surface area contributed by atoms with Gasteiger partial charge in [0.1, 0.15) is 5.75 Å². The molecule has 0 saturated heterocycles. The number of halogens is 1. The first-order valence-electron chi connectivity index (χ1n) is 7.34. The maximum atomic E-state index is 6.73. The third-order valence-electron chi connectivity index (χ3n) is 3.74. The number of hydrogen-bond acceptors (Lipinski definition) is 1. The average molecular weight is 283 g/mol. The van der Waals surface area contributed by atoms with E-state index in [-0.39, 0.29) is 5.38 Å². The smallest absolute Gasteiger partial charge is 0.124 e. The maximum Gasteiger partial charge on any atom is 0.124 e. The van der Waals surface area contributed by atoms with Crippen molar-refractivity contribution in [2.24, 2.45) is 5.92 Å². The Labute approximate surface area is 123 Å². The van der Waals surface area contributed by atoms with E-state index in [0.29, 0.717) is 5.92 Å². The Kier molecular flexibility index (Phi) is 6.71. The Balaban J connectivity index is 3.00. The Bertz CT molecular complexity index is 371. The van der Waals surface area contributed by atoms with Gasteiger partial charge in [-0.3, -0.25) is 0 Å². The van der Waals surface area contributed by atoms with Crippen LogP contribution in [0.25, 0.3) is 0 Å². The van der Waals surface area contributed by atoms with Crippen LogP contribution in [0.3, 0.4) is 0 Å². The van der Waals surface area contributed by atoms with E-state index in [9.17, 15) is 0 Å². The number of aryl methyl sites for hydroxylation is 2. The van der Waals surface area contributed by atoms with E-state index in [1.54, 1.807) is 7.11 Å². The van der Waals surface area contributed by atoms with Crippen molar-refractivity contribution < 1.29 is 4.74 Å². The third-order valence-corrected chi connectivity index (χ3v) is 4.35. The normalized spacial score (nSPS) is 12.8. The lowest BCUT2D eigenvalue weighted by Gasteiger charge is -2.23. The first-order valence-corrected chi connectivity index (χ1v) is 7.77. The van der Waals surface area contributed by atoms with E-state index >= 15 is 0 Å². The highest BCUT2D eigenvalue weighted by atomic mass is 35.5. The zero-order valence-electron chi connectivity index (χ0n) is 12.9. The molecule has 1 atom stereocenters. The fraction of sp³-hybridized carbons (Fsp3) is 0.647. The van der Waals surface area contributed by atoms with Crippen molar-refractivity contribution in [3.05, 3.63) is 28.8 Å². The number of hydrogen-bond donors (Lipinski definition) is 0. The van der Waals surface area contributed by atoms with Crippen molar-refractivity contribution in [1.82, 2.24) is 0 Å². The molecular formula is C17H27ClO.